The smallest absolute Gasteiger partial charge is 0.270 e. The Balaban J connectivity index is 1.37. The molecule has 0 spiro atoms. The zero-order valence-corrected chi connectivity index (χ0v) is 23.7. The molecule has 46 heavy (non-hydrogen) atoms. The number of carbonyl (C=O) groups is 5. The number of rotatable bonds is 8. The first kappa shape index (κ1) is 28.2. The summed E-state index contributed by atoms with van der Waals surface area (Å²) in [7, 11) is 0. The molecule has 13 heteroatoms. The number of hydrogen-bond donors (Lipinski definition) is 0. The van der Waals surface area contributed by atoms with Gasteiger partial charge in [-0.15, -0.1) is 10.2 Å². The van der Waals surface area contributed by atoms with Crippen LogP contribution in [0.4, 0.5) is 5.69 Å². The fourth-order valence-corrected chi connectivity index (χ4v) is 5.64. The Labute approximate surface area is 259 Å². The predicted molar refractivity (Wildman–Crippen MR) is 159 cm³/mol. The molecule has 0 fully saturated rings. The van der Waals surface area contributed by atoms with Gasteiger partial charge in [-0.25, -0.2) is 0 Å². The topological polar surface area (TPSA) is 166 Å². The van der Waals surface area contributed by atoms with Gasteiger partial charge in [-0.2, -0.15) is 0 Å². The van der Waals surface area contributed by atoms with E-state index in [-0.39, 0.29) is 56.4 Å². The van der Waals surface area contributed by atoms with Gasteiger partial charge < -0.3 is 0 Å². The molecule has 0 saturated carbocycles. The Morgan fingerprint density at radius 2 is 1.07 bits per heavy atom. The van der Waals surface area contributed by atoms with Crippen LogP contribution in [0.25, 0.3) is 5.69 Å². The molecule has 0 atom stereocenters. The largest absolute Gasteiger partial charge is 0.289 e. The standard InChI is InChI=1S/C33H20N6O7/c40-29(19-8-2-1-3-9-19)25-16-20(39(45)46)14-15-26(25)38-27(17-36-30(41)21-10-4-5-11-22(21)31(36)42)34-35-28(38)18-37-32(43)23-12-6-7-13-24(23)33(37)44/h1-16H,17-18H2. The first-order valence-corrected chi connectivity index (χ1v) is 14.0. The molecule has 0 radical (unpaired) electrons. The molecule has 0 bridgehead atoms. The van der Waals surface area contributed by atoms with Crippen molar-refractivity contribution in [1.29, 1.82) is 0 Å². The van der Waals surface area contributed by atoms with E-state index in [1.54, 1.807) is 54.6 Å². The van der Waals surface area contributed by atoms with Crippen molar-refractivity contribution in [3.05, 3.63) is 152 Å². The average Bonchev–Trinajstić information content (AvgIpc) is 3.67. The molecule has 2 aliphatic heterocycles. The van der Waals surface area contributed by atoms with E-state index >= 15 is 0 Å². The molecule has 0 aliphatic carbocycles. The number of fused-ring (bicyclic) bond motifs is 2. The molecule has 5 aromatic rings. The van der Waals surface area contributed by atoms with Crippen LogP contribution >= 0.6 is 0 Å². The molecular formula is C33H20N6O7. The van der Waals surface area contributed by atoms with Crippen LogP contribution in [0, 0.1) is 10.1 Å². The van der Waals surface area contributed by atoms with Gasteiger partial charge in [0.2, 0.25) is 0 Å². The number of non-ortho nitro benzene ring substituents is 1. The van der Waals surface area contributed by atoms with Crippen LogP contribution in [0.1, 0.15) is 69.0 Å². The number of amides is 4. The van der Waals surface area contributed by atoms with Crippen LogP contribution in [0.15, 0.2) is 97.1 Å². The lowest BCUT2D eigenvalue weighted by atomic mass is 10.0. The predicted octanol–water partition coefficient (Wildman–Crippen LogP) is 4.00. The molecule has 2 aliphatic rings. The minimum Gasteiger partial charge on any atom is -0.289 e. The van der Waals surface area contributed by atoms with Gasteiger partial charge in [0.15, 0.2) is 17.4 Å². The summed E-state index contributed by atoms with van der Waals surface area (Å²) < 4.78 is 1.35. The van der Waals surface area contributed by atoms with E-state index in [1.165, 1.54) is 41.0 Å². The number of hydrogen-bond acceptors (Lipinski definition) is 9. The monoisotopic (exact) mass is 612 g/mol. The number of nitro benzene ring substituents is 1. The lowest BCUT2D eigenvalue weighted by Gasteiger charge is -2.19. The number of aromatic nitrogens is 3. The number of benzene rings is 4. The molecule has 13 nitrogen and oxygen atoms in total. The van der Waals surface area contributed by atoms with Gasteiger partial charge in [0.05, 0.1) is 51.5 Å². The number of imide groups is 2. The molecule has 4 aromatic carbocycles. The third kappa shape index (κ3) is 4.45. The van der Waals surface area contributed by atoms with E-state index in [9.17, 15) is 34.1 Å². The molecule has 1 aromatic heterocycles. The fraction of sp³-hybridized carbons (Fsp3) is 0.0606. The molecule has 0 saturated heterocycles. The van der Waals surface area contributed by atoms with Crippen LogP contribution in [0.3, 0.4) is 0 Å². The van der Waals surface area contributed by atoms with Crippen LogP contribution < -0.4 is 0 Å². The second-order valence-electron chi connectivity index (χ2n) is 10.5. The molecule has 0 unspecified atom stereocenters. The summed E-state index contributed by atoms with van der Waals surface area (Å²) >= 11 is 0. The zero-order chi connectivity index (χ0) is 32.1. The molecule has 7 rings (SSSR count). The van der Waals surface area contributed by atoms with Crippen molar-refractivity contribution in [3.63, 3.8) is 0 Å². The summed E-state index contributed by atoms with van der Waals surface area (Å²) in [5.41, 5.74) is 0.691. The third-order valence-corrected chi connectivity index (χ3v) is 7.86. The highest BCUT2D eigenvalue weighted by Crippen LogP contribution is 2.30. The molecule has 4 amide bonds. The maximum Gasteiger partial charge on any atom is 0.270 e. The van der Waals surface area contributed by atoms with E-state index < -0.39 is 47.4 Å². The first-order chi connectivity index (χ1) is 22.2. The minimum absolute atomic E-state index is 0.0112. The minimum atomic E-state index is -0.642. The molecular weight excluding hydrogens is 592 g/mol. The van der Waals surface area contributed by atoms with Crippen LogP contribution in [-0.4, -0.2) is 58.9 Å². The Kier molecular flexibility index (Phi) is 6.62. The molecule has 3 heterocycles. The van der Waals surface area contributed by atoms with Crippen LogP contribution in [-0.2, 0) is 13.1 Å². The number of ketones is 1. The Morgan fingerprint density at radius 1 is 0.630 bits per heavy atom. The quantitative estimate of drug-likeness (QED) is 0.109. The van der Waals surface area contributed by atoms with Gasteiger partial charge in [-0.05, 0) is 30.3 Å². The maximum atomic E-state index is 13.8. The summed E-state index contributed by atoms with van der Waals surface area (Å²) in [5.74, 6) is -2.81. The summed E-state index contributed by atoms with van der Waals surface area (Å²) in [4.78, 5) is 79.9. The van der Waals surface area contributed by atoms with Gasteiger partial charge >= 0.3 is 0 Å². The highest BCUT2D eigenvalue weighted by atomic mass is 16.6. The van der Waals surface area contributed by atoms with Gasteiger partial charge in [-0.3, -0.25) is 48.5 Å². The van der Waals surface area contributed by atoms with Gasteiger partial charge in [0, 0.05) is 17.7 Å². The second kappa shape index (κ2) is 10.8. The van der Waals surface area contributed by atoms with Crippen molar-refractivity contribution in [2.24, 2.45) is 0 Å². The third-order valence-electron chi connectivity index (χ3n) is 7.86. The van der Waals surface area contributed by atoms with Gasteiger partial charge in [0.25, 0.3) is 29.3 Å². The van der Waals surface area contributed by atoms with Gasteiger partial charge in [0.1, 0.15) is 0 Å². The normalized spacial score (nSPS) is 13.7. The van der Waals surface area contributed by atoms with Crippen molar-refractivity contribution in [3.8, 4) is 5.69 Å². The van der Waals surface area contributed by atoms with Crippen molar-refractivity contribution in [1.82, 2.24) is 24.6 Å². The average molecular weight is 613 g/mol. The van der Waals surface area contributed by atoms with E-state index in [0.717, 1.165) is 15.9 Å². The van der Waals surface area contributed by atoms with E-state index in [1.807, 2.05) is 0 Å². The van der Waals surface area contributed by atoms with Crippen molar-refractivity contribution in [2.45, 2.75) is 13.1 Å². The summed E-state index contributed by atoms with van der Waals surface area (Å²) in [6.07, 6.45) is 0. The van der Waals surface area contributed by atoms with Crippen LogP contribution in [0.5, 0.6) is 0 Å². The zero-order valence-electron chi connectivity index (χ0n) is 23.7. The van der Waals surface area contributed by atoms with Crippen molar-refractivity contribution in [2.75, 3.05) is 0 Å². The van der Waals surface area contributed by atoms with E-state index in [4.69, 9.17) is 0 Å². The number of carbonyl (C=O) groups excluding carboxylic acids is 5. The maximum absolute atomic E-state index is 13.8. The van der Waals surface area contributed by atoms with E-state index in [2.05, 4.69) is 10.2 Å². The second-order valence-corrected chi connectivity index (χ2v) is 10.5. The Morgan fingerprint density at radius 3 is 1.50 bits per heavy atom. The summed E-state index contributed by atoms with van der Waals surface area (Å²) in [6, 6.07) is 24.4. The Hall–Kier alpha value is -6.63. The van der Waals surface area contributed by atoms with Crippen molar-refractivity contribution < 1.29 is 28.9 Å². The lowest BCUT2D eigenvalue weighted by molar-refractivity contribution is -0.384. The fourth-order valence-electron chi connectivity index (χ4n) is 5.64. The molecule has 224 valence electrons. The van der Waals surface area contributed by atoms with Gasteiger partial charge in [-0.1, -0.05) is 54.6 Å². The highest BCUT2D eigenvalue weighted by Gasteiger charge is 2.39. The highest BCUT2D eigenvalue weighted by molar-refractivity contribution is 6.22. The Bertz CT molecular complexity index is 1990. The lowest BCUT2D eigenvalue weighted by Crippen LogP contribution is -2.32. The van der Waals surface area contributed by atoms with Crippen molar-refractivity contribution >= 4 is 35.1 Å². The first-order valence-electron chi connectivity index (χ1n) is 14.0. The summed E-state index contributed by atoms with van der Waals surface area (Å²) in [6.45, 7) is -0.783. The van der Waals surface area contributed by atoms with E-state index in [0.29, 0.717) is 0 Å². The summed E-state index contributed by atoms with van der Waals surface area (Å²) in [5, 5.41) is 20.2. The number of nitrogens with zero attached hydrogens (tertiary/aromatic N) is 6. The number of nitro groups is 1. The van der Waals surface area contributed by atoms with Crippen LogP contribution in [0.2, 0.25) is 0 Å². The molecule has 0 N–H and O–H groups in total. The SMILES string of the molecule is O=C(c1ccccc1)c1cc([N+](=O)[O-])ccc1-n1c(CN2C(=O)c3ccccc3C2=O)nnc1CN1C(=O)c2ccccc2C1=O.